The number of hydrogen-bond acceptors (Lipinski definition) is 2. The van der Waals surface area contributed by atoms with Crippen LogP contribution in [0, 0.1) is 6.92 Å². The number of carbonyl (C=O) groups is 2. The zero-order valence-corrected chi connectivity index (χ0v) is 17.7. The zero-order valence-electron chi connectivity index (χ0n) is 16.2. The average Bonchev–Trinajstić information content (AvgIpc) is 3.12. The van der Waals surface area contributed by atoms with Gasteiger partial charge in [0, 0.05) is 33.9 Å². The Balaban J connectivity index is 1.67. The Morgan fingerprint density at radius 2 is 1.73 bits per heavy atom. The van der Waals surface area contributed by atoms with Crippen LogP contribution in [0.25, 0.3) is 16.6 Å². The van der Waals surface area contributed by atoms with E-state index in [1.165, 1.54) is 0 Å². The van der Waals surface area contributed by atoms with Gasteiger partial charge in [-0.15, -0.1) is 0 Å². The quantitative estimate of drug-likeness (QED) is 0.321. The van der Waals surface area contributed by atoms with E-state index in [1.54, 1.807) is 28.8 Å². The minimum atomic E-state index is -0.696. The molecule has 2 heterocycles. The fraction of sp³-hybridized carbons (Fsp3) is 0.0833. The van der Waals surface area contributed by atoms with Crippen molar-refractivity contribution < 1.29 is 9.59 Å². The van der Waals surface area contributed by atoms with E-state index in [1.807, 2.05) is 55.5 Å². The van der Waals surface area contributed by atoms with Crippen LogP contribution in [0.5, 0.6) is 0 Å². The molecule has 1 N–H and O–H groups in total. The Labute approximate surface area is 184 Å². The lowest BCUT2D eigenvalue weighted by Crippen LogP contribution is -2.31. The monoisotopic (exact) mass is 436 g/mol. The van der Waals surface area contributed by atoms with Gasteiger partial charge in [-0.3, -0.25) is 9.59 Å². The lowest BCUT2D eigenvalue weighted by atomic mass is 10.0. The lowest BCUT2D eigenvalue weighted by molar-refractivity contribution is -0.117. The van der Waals surface area contributed by atoms with E-state index in [2.05, 4.69) is 5.32 Å². The molecule has 0 aliphatic rings. The van der Waals surface area contributed by atoms with Crippen molar-refractivity contribution in [2.24, 2.45) is 0 Å². The number of carbonyl (C=O) groups excluding carboxylic acids is 2. The number of amides is 1. The summed E-state index contributed by atoms with van der Waals surface area (Å²) in [6.45, 7) is 2.13. The molecule has 30 heavy (non-hydrogen) atoms. The first-order valence-electron chi connectivity index (χ1n) is 9.37. The van der Waals surface area contributed by atoms with Gasteiger partial charge in [0.2, 0.25) is 0 Å². The summed E-state index contributed by atoms with van der Waals surface area (Å²) in [5, 5.41) is 3.61. The molecule has 0 spiro atoms. The van der Waals surface area contributed by atoms with Crippen molar-refractivity contribution in [3.63, 3.8) is 0 Å². The third kappa shape index (κ3) is 3.97. The maximum atomic E-state index is 13.2. The number of fused-ring (bicyclic) bond motifs is 1. The van der Waals surface area contributed by atoms with Crippen molar-refractivity contribution in [2.75, 3.05) is 0 Å². The predicted octanol–water partition coefficient (Wildman–Crippen LogP) is 5.72. The van der Waals surface area contributed by atoms with Gasteiger partial charge in [-0.1, -0.05) is 65.2 Å². The van der Waals surface area contributed by atoms with E-state index in [4.69, 9.17) is 23.2 Å². The summed E-state index contributed by atoms with van der Waals surface area (Å²) in [5.74, 6) is -1.31. The molecule has 0 atom stereocenters. The third-order valence-corrected chi connectivity index (χ3v) is 5.50. The molecule has 4 nitrogen and oxygen atoms in total. The van der Waals surface area contributed by atoms with E-state index >= 15 is 0 Å². The maximum absolute atomic E-state index is 13.2. The maximum Gasteiger partial charge on any atom is 0.294 e. The van der Waals surface area contributed by atoms with Crippen LogP contribution >= 0.6 is 23.2 Å². The number of rotatable bonds is 5. The lowest BCUT2D eigenvalue weighted by Gasteiger charge is -2.09. The van der Waals surface area contributed by atoms with Crippen LogP contribution in [0.1, 0.15) is 21.6 Å². The van der Waals surface area contributed by atoms with Crippen molar-refractivity contribution in [1.82, 2.24) is 9.72 Å². The van der Waals surface area contributed by atoms with Crippen molar-refractivity contribution in [2.45, 2.75) is 13.5 Å². The summed E-state index contributed by atoms with van der Waals surface area (Å²) < 4.78 is 1.74. The number of aromatic nitrogens is 1. The minimum absolute atomic E-state index is 0.129. The van der Waals surface area contributed by atoms with Crippen molar-refractivity contribution in [3.8, 4) is 11.1 Å². The van der Waals surface area contributed by atoms with Gasteiger partial charge in [-0.2, -0.15) is 0 Å². The predicted molar refractivity (Wildman–Crippen MR) is 120 cm³/mol. The number of halogens is 2. The molecule has 0 fully saturated rings. The highest BCUT2D eigenvalue weighted by Crippen LogP contribution is 2.29. The molecule has 0 bridgehead atoms. The van der Waals surface area contributed by atoms with Gasteiger partial charge in [0.15, 0.2) is 0 Å². The first-order chi connectivity index (χ1) is 14.4. The minimum Gasteiger partial charge on any atom is -0.345 e. The van der Waals surface area contributed by atoms with Crippen molar-refractivity contribution >= 4 is 40.4 Å². The van der Waals surface area contributed by atoms with Gasteiger partial charge in [-0.05, 0) is 48.4 Å². The first kappa shape index (κ1) is 20.2. The average molecular weight is 437 g/mol. The highest BCUT2D eigenvalue weighted by molar-refractivity contribution is 6.43. The Morgan fingerprint density at radius 1 is 0.967 bits per heavy atom. The number of nitrogens with zero attached hydrogens (tertiary/aromatic N) is 1. The second-order valence-electron chi connectivity index (χ2n) is 7.02. The zero-order chi connectivity index (χ0) is 21.3. The Kier molecular flexibility index (Phi) is 5.62. The molecule has 4 aromatic rings. The molecule has 2 aromatic heterocycles. The summed E-state index contributed by atoms with van der Waals surface area (Å²) in [6.07, 6.45) is 1.78. The van der Waals surface area contributed by atoms with E-state index in [0.29, 0.717) is 26.9 Å². The second kappa shape index (κ2) is 8.34. The Morgan fingerprint density at radius 3 is 2.47 bits per heavy atom. The van der Waals surface area contributed by atoms with Crippen LogP contribution in [-0.2, 0) is 11.3 Å². The van der Waals surface area contributed by atoms with Crippen molar-refractivity contribution in [1.29, 1.82) is 0 Å². The molecule has 150 valence electrons. The largest absolute Gasteiger partial charge is 0.345 e. The normalized spacial score (nSPS) is 10.9. The van der Waals surface area contributed by atoms with Crippen LogP contribution in [0.2, 0.25) is 10.0 Å². The molecular formula is C24H18Cl2N2O2. The molecular weight excluding hydrogens is 419 g/mol. The van der Waals surface area contributed by atoms with Crippen LogP contribution < -0.4 is 5.32 Å². The molecule has 0 saturated heterocycles. The summed E-state index contributed by atoms with van der Waals surface area (Å²) in [6, 6.07) is 20.4. The number of aryl methyl sites for hydroxylation is 1. The SMILES string of the molecule is Cc1ccc(-c2cc3ccccn3c2C(=O)C(=O)NCc2ccc(Cl)cc2Cl)cc1. The summed E-state index contributed by atoms with van der Waals surface area (Å²) >= 11 is 12.1. The first-order valence-corrected chi connectivity index (χ1v) is 10.1. The highest BCUT2D eigenvalue weighted by Gasteiger charge is 2.24. The van der Waals surface area contributed by atoms with Crippen molar-refractivity contribution in [3.05, 3.63) is 99.8 Å². The molecule has 0 unspecified atom stereocenters. The van der Waals surface area contributed by atoms with Gasteiger partial charge in [0.05, 0.1) is 0 Å². The standard InChI is InChI=1S/C24H18Cl2N2O2/c1-15-5-7-16(8-6-15)20-13-19-4-2-3-11-28(19)22(20)23(29)24(30)27-14-17-9-10-18(25)12-21(17)26/h2-13H,14H2,1H3,(H,27,30). The molecule has 0 aliphatic heterocycles. The van der Waals surface area contributed by atoms with E-state index in [0.717, 1.165) is 16.6 Å². The van der Waals surface area contributed by atoms with E-state index in [9.17, 15) is 9.59 Å². The van der Waals surface area contributed by atoms with Crippen LogP contribution in [0.3, 0.4) is 0 Å². The summed E-state index contributed by atoms with van der Waals surface area (Å²) in [7, 11) is 0. The number of ketones is 1. The van der Waals surface area contributed by atoms with E-state index < -0.39 is 11.7 Å². The summed E-state index contributed by atoms with van der Waals surface area (Å²) in [5.41, 5.74) is 4.56. The second-order valence-corrected chi connectivity index (χ2v) is 7.86. The number of pyridine rings is 1. The molecule has 4 rings (SSSR count). The smallest absolute Gasteiger partial charge is 0.294 e. The van der Waals surface area contributed by atoms with E-state index in [-0.39, 0.29) is 6.54 Å². The Bertz CT molecular complexity index is 1260. The molecule has 6 heteroatoms. The fourth-order valence-corrected chi connectivity index (χ4v) is 3.81. The topological polar surface area (TPSA) is 50.6 Å². The fourth-order valence-electron chi connectivity index (χ4n) is 3.34. The van der Waals surface area contributed by atoms with Crippen LogP contribution in [0.4, 0.5) is 0 Å². The Hall–Kier alpha value is -3.08. The third-order valence-electron chi connectivity index (χ3n) is 4.92. The molecule has 0 saturated carbocycles. The number of Topliss-reactive ketones (excluding diaryl/α,β-unsaturated/α-hetero) is 1. The van der Waals surface area contributed by atoms with Crippen LogP contribution in [-0.4, -0.2) is 16.1 Å². The van der Waals surface area contributed by atoms with Crippen LogP contribution in [0.15, 0.2) is 72.9 Å². The van der Waals surface area contributed by atoms with Gasteiger partial charge in [-0.25, -0.2) is 0 Å². The molecule has 0 aliphatic carbocycles. The van der Waals surface area contributed by atoms with Gasteiger partial charge in [0.1, 0.15) is 5.69 Å². The highest BCUT2D eigenvalue weighted by atomic mass is 35.5. The molecule has 2 aromatic carbocycles. The summed E-state index contributed by atoms with van der Waals surface area (Å²) in [4.78, 5) is 25.9. The molecule has 1 amide bonds. The number of nitrogens with one attached hydrogen (secondary N) is 1. The van der Waals surface area contributed by atoms with Gasteiger partial charge >= 0.3 is 0 Å². The van der Waals surface area contributed by atoms with Gasteiger partial charge in [0.25, 0.3) is 11.7 Å². The van der Waals surface area contributed by atoms with Gasteiger partial charge < -0.3 is 9.72 Å². The number of benzene rings is 2. The number of hydrogen-bond donors (Lipinski definition) is 1. The molecule has 0 radical (unpaired) electrons.